The lowest BCUT2D eigenvalue weighted by Crippen LogP contribution is -2.14. The van der Waals surface area contributed by atoms with Crippen molar-refractivity contribution < 1.29 is 14.0 Å². The maximum atomic E-state index is 13.2. The molecule has 8 heteroatoms. The van der Waals surface area contributed by atoms with Gasteiger partial charge in [-0.3, -0.25) is 9.59 Å². The van der Waals surface area contributed by atoms with Gasteiger partial charge in [-0.25, -0.2) is 14.4 Å². The van der Waals surface area contributed by atoms with Crippen LogP contribution in [0.4, 0.5) is 21.6 Å². The Balaban J connectivity index is 1.73. The molecule has 0 saturated heterocycles. The second-order valence-corrected chi connectivity index (χ2v) is 6.04. The molecule has 0 bridgehead atoms. The molecule has 136 valence electrons. The third kappa shape index (κ3) is 4.65. The molecule has 1 heterocycles. The molecule has 0 aliphatic carbocycles. The van der Waals surface area contributed by atoms with E-state index in [4.69, 9.17) is 11.6 Å². The zero-order chi connectivity index (χ0) is 19.4. The Morgan fingerprint density at radius 3 is 2.37 bits per heavy atom. The Hall–Kier alpha value is -3.32. The number of ketones is 1. The zero-order valence-corrected chi connectivity index (χ0v) is 14.9. The van der Waals surface area contributed by atoms with Gasteiger partial charge in [0.15, 0.2) is 5.78 Å². The Bertz CT molecular complexity index is 1010. The van der Waals surface area contributed by atoms with Crippen molar-refractivity contribution in [2.75, 3.05) is 10.6 Å². The van der Waals surface area contributed by atoms with Crippen molar-refractivity contribution in [3.8, 4) is 0 Å². The van der Waals surface area contributed by atoms with Gasteiger partial charge < -0.3 is 10.6 Å². The van der Waals surface area contributed by atoms with Crippen molar-refractivity contribution in [1.29, 1.82) is 0 Å². The van der Waals surface area contributed by atoms with Crippen LogP contribution in [0.25, 0.3) is 0 Å². The number of Topliss-reactive ketones (excluding diaryl/α,β-unsaturated/α-hetero) is 1. The van der Waals surface area contributed by atoms with E-state index in [1.807, 2.05) is 0 Å². The van der Waals surface area contributed by atoms with E-state index in [1.165, 1.54) is 31.5 Å². The number of carbonyl (C=O) groups is 2. The number of rotatable bonds is 5. The predicted molar refractivity (Wildman–Crippen MR) is 101 cm³/mol. The third-order valence-electron chi connectivity index (χ3n) is 3.64. The van der Waals surface area contributed by atoms with E-state index in [0.29, 0.717) is 22.8 Å². The summed E-state index contributed by atoms with van der Waals surface area (Å²) in [5.41, 5.74) is 1.77. The van der Waals surface area contributed by atoms with Crippen LogP contribution in [0.15, 0.2) is 54.9 Å². The number of benzene rings is 2. The van der Waals surface area contributed by atoms with Gasteiger partial charge in [-0.2, -0.15) is 0 Å². The highest BCUT2D eigenvalue weighted by atomic mass is 35.5. The molecule has 6 nitrogen and oxygen atoms in total. The molecule has 0 spiro atoms. The lowest BCUT2D eigenvalue weighted by molar-refractivity contribution is 0.101. The molecule has 2 aromatic carbocycles. The number of amides is 1. The van der Waals surface area contributed by atoms with Gasteiger partial charge in [0, 0.05) is 23.0 Å². The van der Waals surface area contributed by atoms with Crippen LogP contribution in [0.2, 0.25) is 5.02 Å². The van der Waals surface area contributed by atoms with Crippen molar-refractivity contribution in [1.82, 2.24) is 9.97 Å². The molecule has 3 aromatic rings. The highest BCUT2D eigenvalue weighted by Gasteiger charge is 2.11. The first-order valence-corrected chi connectivity index (χ1v) is 8.26. The maximum absolute atomic E-state index is 13.2. The summed E-state index contributed by atoms with van der Waals surface area (Å²) in [6, 6.07) is 12.2. The first-order valence-electron chi connectivity index (χ1n) is 7.89. The molecule has 0 aliphatic rings. The van der Waals surface area contributed by atoms with Crippen LogP contribution in [0.5, 0.6) is 0 Å². The number of aromatic nitrogens is 2. The normalized spacial score (nSPS) is 10.3. The lowest BCUT2D eigenvalue weighted by Gasteiger charge is -2.08. The topological polar surface area (TPSA) is 84.0 Å². The van der Waals surface area contributed by atoms with Gasteiger partial charge in [-0.1, -0.05) is 11.6 Å². The molecular formula is C19H14ClFN4O2. The number of hydrogen-bond acceptors (Lipinski definition) is 5. The Kier molecular flexibility index (Phi) is 5.42. The van der Waals surface area contributed by atoms with Gasteiger partial charge in [-0.05, 0) is 49.4 Å². The van der Waals surface area contributed by atoms with Crippen LogP contribution >= 0.6 is 11.6 Å². The molecule has 0 fully saturated rings. The van der Waals surface area contributed by atoms with Crippen LogP contribution < -0.4 is 10.6 Å². The van der Waals surface area contributed by atoms with E-state index < -0.39 is 11.7 Å². The van der Waals surface area contributed by atoms with Crippen LogP contribution in [-0.2, 0) is 0 Å². The highest BCUT2D eigenvalue weighted by molar-refractivity contribution is 6.31. The van der Waals surface area contributed by atoms with Crippen molar-refractivity contribution in [2.24, 2.45) is 0 Å². The van der Waals surface area contributed by atoms with Crippen LogP contribution in [0.1, 0.15) is 27.8 Å². The first kappa shape index (κ1) is 18.5. The molecule has 1 amide bonds. The molecule has 2 N–H and O–H groups in total. The van der Waals surface area contributed by atoms with Gasteiger partial charge in [0.1, 0.15) is 23.7 Å². The van der Waals surface area contributed by atoms with Gasteiger partial charge in [0.05, 0.1) is 5.02 Å². The molecule has 1 aromatic heterocycles. The van der Waals surface area contributed by atoms with Gasteiger partial charge in [0.2, 0.25) is 0 Å². The average Bonchev–Trinajstić information content (AvgIpc) is 2.65. The summed E-state index contributed by atoms with van der Waals surface area (Å²) in [6.45, 7) is 1.49. The second-order valence-electron chi connectivity index (χ2n) is 5.63. The molecule has 3 rings (SSSR count). The van der Waals surface area contributed by atoms with Gasteiger partial charge >= 0.3 is 0 Å². The van der Waals surface area contributed by atoms with Crippen LogP contribution in [0, 0.1) is 5.82 Å². The molecular weight excluding hydrogens is 371 g/mol. The number of hydrogen-bond donors (Lipinski definition) is 2. The van der Waals surface area contributed by atoms with E-state index in [0.717, 1.165) is 6.07 Å². The van der Waals surface area contributed by atoms with Crippen molar-refractivity contribution in [3.63, 3.8) is 0 Å². The summed E-state index contributed by atoms with van der Waals surface area (Å²) in [6.07, 6.45) is 1.25. The summed E-state index contributed by atoms with van der Waals surface area (Å²) >= 11 is 5.71. The lowest BCUT2D eigenvalue weighted by atomic mass is 10.1. The number of carbonyl (C=O) groups excluding carboxylic acids is 2. The minimum Gasteiger partial charge on any atom is -0.340 e. The highest BCUT2D eigenvalue weighted by Crippen LogP contribution is 2.20. The zero-order valence-electron chi connectivity index (χ0n) is 14.2. The van der Waals surface area contributed by atoms with E-state index in [9.17, 15) is 14.0 Å². The van der Waals surface area contributed by atoms with Crippen LogP contribution in [-0.4, -0.2) is 21.7 Å². The number of anilines is 3. The summed E-state index contributed by atoms with van der Waals surface area (Å²) in [4.78, 5) is 31.6. The van der Waals surface area contributed by atoms with E-state index in [1.54, 1.807) is 24.3 Å². The predicted octanol–water partition coefficient (Wildman–Crippen LogP) is 4.47. The van der Waals surface area contributed by atoms with Crippen molar-refractivity contribution in [2.45, 2.75) is 6.92 Å². The minimum atomic E-state index is -0.570. The fraction of sp³-hybridized carbons (Fsp3) is 0.0526. The SMILES string of the molecule is CC(=O)c1ccc(Nc2cc(C(=O)Nc3ccc(F)c(Cl)c3)ncn2)cc1. The molecule has 0 unspecified atom stereocenters. The van der Waals surface area contributed by atoms with Gasteiger partial charge in [0.25, 0.3) is 5.91 Å². The second kappa shape index (κ2) is 7.92. The number of nitrogens with zero attached hydrogens (tertiary/aromatic N) is 2. The van der Waals surface area contributed by atoms with Crippen molar-refractivity contribution >= 4 is 40.5 Å². The largest absolute Gasteiger partial charge is 0.340 e. The summed E-state index contributed by atoms with van der Waals surface area (Å²) in [7, 11) is 0. The molecule has 0 atom stereocenters. The van der Waals surface area contributed by atoms with Crippen molar-refractivity contribution in [3.05, 3.63) is 77.0 Å². The monoisotopic (exact) mass is 384 g/mol. The van der Waals surface area contributed by atoms with E-state index >= 15 is 0 Å². The van der Waals surface area contributed by atoms with Gasteiger partial charge in [-0.15, -0.1) is 0 Å². The van der Waals surface area contributed by atoms with E-state index in [2.05, 4.69) is 20.6 Å². The first-order chi connectivity index (χ1) is 12.9. The van der Waals surface area contributed by atoms with E-state index in [-0.39, 0.29) is 16.5 Å². The quantitative estimate of drug-likeness (QED) is 0.634. The fourth-order valence-electron chi connectivity index (χ4n) is 2.26. The molecule has 27 heavy (non-hydrogen) atoms. The number of nitrogens with one attached hydrogen (secondary N) is 2. The Labute approximate surface area is 159 Å². The molecule has 0 saturated carbocycles. The Morgan fingerprint density at radius 1 is 1.00 bits per heavy atom. The fourth-order valence-corrected chi connectivity index (χ4v) is 2.44. The van der Waals surface area contributed by atoms with Crippen LogP contribution in [0.3, 0.4) is 0 Å². The standard InChI is InChI=1S/C19H14ClFN4O2/c1-11(26)12-2-4-13(5-3-12)24-18-9-17(22-10-23-18)19(27)25-14-6-7-16(21)15(20)8-14/h2-10H,1H3,(H,25,27)(H,22,23,24). The minimum absolute atomic E-state index is 0.0246. The molecule has 0 radical (unpaired) electrons. The number of halogens is 2. The third-order valence-corrected chi connectivity index (χ3v) is 3.93. The smallest absolute Gasteiger partial charge is 0.274 e. The maximum Gasteiger partial charge on any atom is 0.274 e. The summed E-state index contributed by atoms with van der Waals surface area (Å²) in [5.74, 6) is -0.680. The summed E-state index contributed by atoms with van der Waals surface area (Å²) < 4.78 is 13.2. The molecule has 0 aliphatic heterocycles. The summed E-state index contributed by atoms with van der Waals surface area (Å²) in [5, 5.41) is 5.53. The average molecular weight is 385 g/mol. The Morgan fingerprint density at radius 2 is 1.70 bits per heavy atom.